The summed E-state index contributed by atoms with van der Waals surface area (Å²) in [6.45, 7) is 1.54. The Kier molecular flexibility index (Phi) is 2.84. The van der Waals surface area contributed by atoms with Crippen molar-refractivity contribution in [1.29, 1.82) is 0 Å². The van der Waals surface area contributed by atoms with E-state index < -0.39 is 28.3 Å². The number of carbonyl (C=O) groups excluding carboxylic acids is 1. The third kappa shape index (κ3) is 1.60. The van der Waals surface area contributed by atoms with Crippen LogP contribution in [0.4, 0.5) is 4.79 Å². The Labute approximate surface area is 121 Å². The van der Waals surface area contributed by atoms with Crippen molar-refractivity contribution in [2.75, 3.05) is 6.61 Å². The molecule has 2 aromatic heterocycles. The van der Waals surface area contributed by atoms with Crippen LogP contribution in [-0.4, -0.2) is 21.8 Å². The number of hydrogen-bond acceptors (Lipinski definition) is 6. The maximum Gasteiger partial charge on any atom is 0.424 e. The van der Waals surface area contributed by atoms with Crippen LogP contribution in [0.5, 0.6) is 0 Å². The van der Waals surface area contributed by atoms with E-state index in [4.69, 9.17) is 0 Å². The van der Waals surface area contributed by atoms with Gasteiger partial charge < -0.3 is 4.74 Å². The molecule has 3 rings (SSSR count). The lowest BCUT2D eigenvalue weighted by atomic mass is 10.1. The number of nitrogens with zero attached hydrogens (tertiary/aromatic N) is 2. The number of hydrogen-bond donors (Lipinski definition) is 0. The Balaban J connectivity index is 2.50. The zero-order valence-electron chi connectivity index (χ0n) is 11.7. The van der Waals surface area contributed by atoms with Gasteiger partial charge in [0.2, 0.25) is 0 Å². The van der Waals surface area contributed by atoms with Crippen LogP contribution in [0.3, 0.4) is 0 Å². The van der Waals surface area contributed by atoms with Crippen LogP contribution in [0.15, 0.2) is 31.3 Å². The summed E-state index contributed by atoms with van der Waals surface area (Å²) >= 11 is 0. The monoisotopic (exact) mass is 302 g/mol. The third-order valence-corrected chi connectivity index (χ3v) is 3.55. The Morgan fingerprint density at radius 3 is 1.73 bits per heavy atom. The molecule has 0 aliphatic carbocycles. The first-order valence-corrected chi connectivity index (χ1v) is 6.44. The highest BCUT2D eigenvalue weighted by Crippen LogP contribution is 2.14. The number of ether oxygens (including phenoxy) is 1. The fourth-order valence-corrected chi connectivity index (χ4v) is 2.45. The van der Waals surface area contributed by atoms with Gasteiger partial charge >= 0.3 is 6.09 Å². The number of fused-ring (bicyclic) bond motifs is 2. The van der Waals surface area contributed by atoms with E-state index in [-0.39, 0.29) is 28.2 Å². The molecule has 0 N–H and O–H groups in total. The zero-order chi connectivity index (χ0) is 16.2. The maximum absolute atomic E-state index is 12.2. The maximum atomic E-state index is 12.2. The minimum atomic E-state index is -1.08. The molecule has 0 aliphatic rings. The van der Waals surface area contributed by atoms with Crippen molar-refractivity contribution in [3.8, 4) is 0 Å². The summed E-state index contributed by atoms with van der Waals surface area (Å²) in [4.78, 5) is 59.9. The van der Waals surface area contributed by atoms with Crippen molar-refractivity contribution in [2.45, 2.75) is 6.92 Å². The van der Waals surface area contributed by atoms with Gasteiger partial charge in [-0.15, -0.1) is 0 Å². The van der Waals surface area contributed by atoms with E-state index in [1.807, 2.05) is 0 Å². The number of benzene rings is 1. The summed E-state index contributed by atoms with van der Waals surface area (Å²) in [5, 5.41) is -0.0993. The predicted octanol–water partition coefficient (Wildman–Crippen LogP) is -0.546. The number of carbonyl (C=O) groups is 1. The Morgan fingerprint density at radius 2 is 1.32 bits per heavy atom. The molecule has 0 saturated heterocycles. The first-order chi connectivity index (χ1) is 10.4. The molecule has 22 heavy (non-hydrogen) atoms. The highest BCUT2D eigenvalue weighted by molar-refractivity contribution is 5.99. The molecule has 0 radical (unpaired) electrons. The van der Waals surface area contributed by atoms with Crippen LogP contribution >= 0.6 is 0 Å². The van der Waals surface area contributed by atoms with Crippen LogP contribution < -0.4 is 22.2 Å². The number of aromatic nitrogens is 2. The lowest BCUT2D eigenvalue weighted by Gasteiger charge is -1.98. The number of rotatable bonds is 1. The molecular formula is C14H10N2O6. The van der Waals surface area contributed by atoms with Gasteiger partial charge in [0, 0.05) is 7.05 Å². The SMILES string of the molecule is CCOC(=O)n1c(=O)c2cc3c(=O)n(C)c(=O)c3cc2c1=O. The molecule has 0 saturated carbocycles. The van der Waals surface area contributed by atoms with Crippen LogP contribution in [0.1, 0.15) is 6.92 Å². The molecule has 1 aromatic carbocycles. The summed E-state index contributed by atoms with van der Waals surface area (Å²) < 4.78 is 5.92. The third-order valence-electron chi connectivity index (χ3n) is 3.55. The zero-order valence-corrected chi connectivity index (χ0v) is 11.7. The molecule has 0 aliphatic heterocycles. The summed E-state index contributed by atoms with van der Waals surface area (Å²) in [5.41, 5.74) is -2.85. The standard InChI is InChI=1S/C14H10N2O6/c1-3-22-14(21)16-12(19)8-4-6-7(5-9(8)13(16)20)11(18)15(2)10(6)17/h4-5H,3H2,1-2H3. The highest BCUT2D eigenvalue weighted by Gasteiger charge is 2.22. The second kappa shape index (κ2) is 4.48. The fourth-order valence-electron chi connectivity index (χ4n) is 2.45. The van der Waals surface area contributed by atoms with Crippen molar-refractivity contribution in [2.24, 2.45) is 7.05 Å². The van der Waals surface area contributed by atoms with E-state index in [2.05, 4.69) is 4.74 Å². The highest BCUT2D eigenvalue weighted by atomic mass is 16.5. The minimum Gasteiger partial charge on any atom is -0.449 e. The Morgan fingerprint density at radius 1 is 0.909 bits per heavy atom. The quantitative estimate of drug-likeness (QED) is 0.597. The Hall–Kier alpha value is -3.03. The van der Waals surface area contributed by atoms with E-state index in [9.17, 15) is 24.0 Å². The van der Waals surface area contributed by atoms with Crippen molar-refractivity contribution >= 4 is 27.6 Å². The van der Waals surface area contributed by atoms with Gasteiger partial charge in [-0.2, -0.15) is 4.57 Å². The van der Waals surface area contributed by atoms with Crippen molar-refractivity contribution in [3.05, 3.63) is 53.5 Å². The second-order valence-corrected chi connectivity index (χ2v) is 4.76. The normalized spacial score (nSPS) is 11.4. The minimum absolute atomic E-state index is 0.00447. The van der Waals surface area contributed by atoms with Crippen LogP contribution in [0.25, 0.3) is 21.5 Å². The molecular weight excluding hydrogens is 292 g/mol. The van der Waals surface area contributed by atoms with E-state index >= 15 is 0 Å². The lowest BCUT2D eigenvalue weighted by Crippen LogP contribution is -2.33. The molecule has 0 atom stereocenters. The molecule has 112 valence electrons. The van der Waals surface area contributed by atoms with Gasteiger partial charge in [0.25, 0.3) is 22.2 Å². The van der Waals surface area contributed by atoms with E-state index in [1.54, 1.807) is 0 Å². The molecule has 0 unspecified atom stereocenters. The summed E-state index contributed by atoms with van der Waals surface area (Å²) in [6.07, 6.45) is -1.08. The van der Waals surface area contributed by atoms with Gasteiger partial charge in [0.05, 0.1) is 28.2 Å². The van der Waals surface area contributed by atoms with Gasteiger partial charge in [0.15, 0.2) is 0 Å². The lowest BCUT2D eigenvalue weighted by molar-refractivity contribution is 0.152. The van der Waals surface area contributed by atoms with Crippen LogP contribution in [0, 0.1) is 0 Å². The molecule has 3 aromatic rings. The van der Waals surface area contributed by atoms with E-state index in [1.165, 1.54) is 26.1 Å². The van der Waals surface area contributed by atoms with Crippen molar-refractivity contribution in [1.82, 2.24) is 9.13 Å². The van der Waals surface area contributed by atoms with Gasteiger partial charge in [0.1, 0.15) is 0 Å². The van der Waals surface area contributed by atoms with Gasteiger partial charge in [-0.3, -0.25) is 23.7 Å². The summed E-state index contributed by atoms with van der Waals surface area (Å²) in [7, 11) is 1.31. The van der Waals surface area contributed by atoms with E-state index in [0.29, 0.717) is 4.57 Å². The van der Waals surface area contributed by atoms with Gasteiger partial charge in [-0.1, -0.05) is 0 Å². The smallest absolute Gasteiger partial charge is 0.424 e. The molecule has 0 amide bonds. The molecule has 8 nitrogen and oxygen atoms in total. The van der Waals surface area contributed by atoms with Crippen LogP contribution in [-0.2, 0) is 11.8 Å². The van der Waals surface area contributed by atoms with Crippen molar-refractivity contribution in [3.63, 3.8) is 0 Å². The topological polar surface area (TPSA) is 104 Å². The average molecular weight is 302 g/mol. The molecule has 0 spiro atoms. The van der Waals surface area contributed by atoms with Gasteiger partial charge in [-0.05, 0) is 19.1 Å². The Bertz CT molecular complexity index is 1060. The van der Waals surface area contributed by atoms with E-state index in [0.717, 1.165) is 4.57 Å². The fraction of sp³-hybridized carbons (Fsp3) is 0.214. The van der Waals surface area contributed by atoms with Gasteiger partial charge in [-0.25, -0.2) is 4.79 Å². The summed E-state index contributed by atoms with van der Waals surface area (Å²) in [5.74, 6) is 0. The second-order valence-electron chi connectivity index (χ2n) is 4.76. The summed E-state index contributed by atoms with van der Waals surface area (Å²) in [6, 6.07) is 2.35. The first-order valence-electron chi connectivity index (χ1n) is 6.44. The molecule has 0 bridgehead atoms. The van der Waals surface area contributed by atoms with Crippen LogP contribution in [0.2, 0.25) is 0 Å². The first kappa shape index (κ1) is 13.9. The largest absolute Gasteiger partial charge is 0.449 e. The average Bonchev–Trinajstić information content (AvgIpc) is 2.86. The predicted molar refractivity (Wildman–Crippen MR) is 78.3 cm³/mol. The van der Waals surface area contributed by atoms with Crippen molar-refractivity contribution < 1.29 is 9.53 Å². The molecule has 0 fully saturated rings. The molecule has 2 heterocycles. The molecule has 8 heteroatoms.